The molecule has 1 aromatic rings. The van der Waals surface area contributed by atoms with Gasteiger partial charge in [-0.15, -0.1) is 11.8 Å². The highest BCUT2D eigenvalue weighted by Crippen LogP contribution is 2.25. The summed E-state index contributed by atoms with van der Waals surface area (Å²) in [5.41, 5.74) is 0. The first kappa shape index (κ1) is 19.1. The summed E-state index contributed by atoms with van der Waals surface area (Å²) >= 11 is 5.47. The molecule has 0 aliphatic rings. The van der Waals surface area contributed by atoms with Crippen LogP contribution in [0.3, 0.4) is 0 Å². The Labute approximate surface area is 143 Å². The van der Waals surface area contributed by atoms with Crippen molar-refractivity contribution in [3.8, 4) is 0 Å². The molecule has 0 aliphatic heterocycles. The monoisotopic (exact) mass is 371 g/mol. The highest BCUT2D eigenvalue weighted by Gasteiger charge is 2.14. The van der Waals surface area contributed by atoms with Gasteiger partial charge in [-0.3, -0.25) is 0 Å². The van der Waals surface area contributed by atoms with E-state index < -0.39 is 0 Å². The van der Waals surface area contributed by atoms with Gasteiger partial charge in [0.15, 0.2) is 0 Å². The number of hydrogen-bond acceptors (Lipinski definition) is 2. The highest BCUT2D eigenvalue weighted by molar-refractivity contribution is 9.10. The van der Waals surface area contributed by atoms with Crippen LogP contribution in [-0.4, -0.2) is 18.3 Å². The first-order valence-corrected chi connectivity index (χ1v) is 10.1. The molecule has 1 aromatic carbocycles. The van der Waals surface area contributed by atoms with Crippen LogP contribution in [0.25, 0.3) is 0 Å². The number of hydrogen-bond donors (Lipinski definition) is 1. The number of thioether (sulfide) groups is 1. The van der Waals surface area contributed by atoms with Crippen LogP contribution in [0.4, 0.5) is 0 Å². The molecule has 0 saturated carbocycles. The molecule has 0 heterocycles. The minimum absolute atomic E-state index is 0.630. The molecule has 1 rings (SSSR count). The predicted molar refractivity (Wildman–Crippen MR) is 100 cm³/mol. The fourth-order valence-corrected chi connectivity index (χ4v) is 3.85. The van der Waals surface area contributed by atoms with Crippen LogP contribution in [0.5, 0.6) is 0 Å². The van der Waals surface area contributed by atoms with Crippen molar-refractivity contribution < 1.29 is 0 Å². The van der Waals surface area contributed by atoms with E-state index in [2.05, 4.69) is 66.3 Å². The maximum atomic E-state index is 3.68. The van der Waals surface area contributed by atoms with Gasteiger partial charge in [-0.2, -0.15) is 0 Å². The number of benzene rings is 1. The highest BCUT2D eigenvalue weighted by atomic mass is 79.9. The van der Waals surface area contributed by atoms with Crippen LogP contribution in [0.2, 0.25) is 0 Å². The molecule has 3 heteroatoms. The van der Waals surface area contributed by atoms with Gasteiger partial charge in [0, 0.05) is 21.2 Å². The molecule has 0 aromatic heterocycles. The molecule has 2 atom stereocenters. The minimum Gasteiger partial charge on any atom is -0.313 e. The van der Waals surface area contributed by atoms with Gasteiger partial charge < -0.3 is 5.32 Å². The van der Waals surface area contributed by atoms with Crippen molar-refractivity contribution in [1.82, 2.24) is 5.32 Å². The van der Waals surface area contributed by atoms with Gasteiger partial charge in [0.05, 0.1) is 0 Å². The fraction of sp³-hybridized carbons (Fsp3) is 0.667. The second-order valence-corrected chi connectivity index (χ2v) is 7.68. The molecular weight excluding hydrogens is 342 g/mol. The van der Waals surface area contributed by atoms with E-state index in [1.165, 1.54) is 37.0 Å². The van der Waals surface area contributed by atoms with Gasteiger partial charge >= 0.3 is 0 Å². The van der Waals surface area contributed by atoms with E-state index in [1.807, 2.05) is 11.8 Å². The molecule has 0 spiro atoms. The Morgan fingerprint density at radius 1 is 1.14 bits per heavy atom. The Balaban J connectivity index is 2.45. The van der Waals surface area contributed by atoms with E-state index in [-0.39, 0.29) is 0 Å². The Kier molecular flexibility index (Phi) is 10.5. The Morgan fingerprint density at radius 3 is 2.43 bits per heavy atom. The average Bonchev–Trinajstić information content (AvgIpc) is 2.50. The van der Waals surface area contributed by atoms with Gasteiger partial charge in [-0.25, -0.2) is 0 Å². The summed E-state index contributed by atoms with van der Waals surface area (Å²) in [6.07, 6.45) is 6.70. The molecule has 0 amide bonds. The van der Waals surface area contributed by atoms with Gasteiger partial charge in [-0.1, -0.05) is 62.4 Å². The van der Waals surface area contributed by atoms with Crippen molar-refractivity contribution >= 4 is 27.7 Å². The van der Waals surface area contributed by atoms with E-state index in [0.29, 0.717) is 6.04 Å². The third-order valence-corrected chi connectivity index (χ3v) is 5.62. The smallest absolute Gasteiger partial charge is 0.0176 e. The number of halogens is 1. The van der Waals surface area contributed by atoms with Crippen molar-refractivity contribution in [2.45, 2.75) is 63.8 Å². The molecule has 0 saturated heterocycles. The maximum Gasteiger partial charge on any atom is 0.0176 e. The zero-order valence-corrected chi connectivity index (χ0v) is 16.1. The Morgan fingerprint density at radius 2 is 1.86 bits per heavy atom. The lowest BCUT2D eigenvalue weighted by Gasteiger charge is -2.23. The summed E-state index contributed by atoms with van der Waals surface area (Å²) < 4.78 is 1.15. The summed E-state index contributed by atoms with van der Waals surface area (Å²) in [5, 5.41) is 3.68. The predicted octanol–water partition coefficient (Wildman–Crippen LogP) is 6.13. The lowest BCUT2D eigenvalue weighted by atomic mass is 9.92. The van der Waals surface area contributed by atoms with E-state index in [0.717, 1.165) is 22.7 Å². The summed E-state index contributed by atoms with van der Waals surface area (Å²) in [6.45, 7) is 7.91. The van der Waals surface area contributed by atoms with Gasteiger partial charge in [-0.05, 0) is 43.1 Å². The minimum atomic E-state index is 0.630. The second kappa shape index (κ2) is 11.6. The molecule has 120 valence electrons. The molecule has 21 heavy (non-hydrogen) atoms. The zero-order chi connectivity index (χ0) is 15.5. The summed E-state index contributed by atoms with van der Waals surface area (Å²) in [6, 6.07) is 9.28. The van der Waals surface area contributed by atoms with Gasteiger partial charge in [0.2, 0.25) is 0 Å². The summed E-state index contributed by atoms with van der Waals surface area (Å²) in [5.74, 6) is 2.04. The molecule has 2 unspecified atom stereocenters. The largest absolute Gasteiger partial charge is 0.313 e. The third-order valence-electron chi connectivity index (χ3n) is 3.92. The van der Waals surface area contributed by atoms with Crippen molar-refractivity contribution in [1.29, 1.82) is 0 Å². The SMILES string of the molecule is CCCCC(CC)CC(CSc1ccc(Br)cc1)NCC. The van der Waals surface area contributed by atoms with Gasteiger partial charge in [0.1, 0.15) is 0 Å². The second-order valence-electron chi connectivity index (χ2n) is 5.67. The standard InChI is InChI=1S/C18H30BrNS/c1-4-7-8-15(5-2)13-17(20-6-3)14-21-18-11-9-16(19)10-12-18/h9-12,15,17,20H,4-8,13-14H2,1-3H3. The van der Waals surface area contributed by atoms with E-state index in [9.17, 15) is 0 Å². The molecule has 0 aliphatic carbocycles. The van der Waals surface area contributed by atoms with Gasteiger partial charge in [0.25, 0.3) is 0 Å². The molecular formula is C18H30BrNS. The topological polar surface area (TPSA) is 12.0 Å². The van der Waals surface area contributed by atoms with Crippen LogP contribution in [0.1, 0.15) is 52.9 Å². The molecule has 0 radical (unpaired) electrons. The Hall–Kier alpha value is 0.01000. The zero-order valence-electron chi connectivity index (χ0n) is 13.7. The summed E-state index contributed by atoms with van der Waals surface area (Å²) in [4.78, 5) is 1.36. The summed E-state index contributed by atoms with van der Waals surface area (Å²) in [7, 11) is 0. The van der Waals surface area contributed by atoms with Crippen LogP contribution in [0, 0.1) is 5.92 Å². The lowest BCUT2D eigenvalue weighted by Crippen LogP contribution is -2.33. The molecule has 0 fully saturated rings. The van der Waals surface area contributed by atoms with Crippen molar-refractivity contribution in [3.05, 3.63) is 28.7 Å². The van der Waals surface area contributed by atoms with E-state index >= 15 is 0 Å². The first-order valence-electron chi connectivity index (χ1n) is 8.31. The van der Waals surface area contributed by atoms with Crippen molar-refractivity contribution in [2.24, 2.45) is 5.92 Å². The normalized spacial score (nSPS) is 14.1. The molecule has 0 bridgehead atoms. The fourth-order valence-electron chi connectivity index (χ4n) is 2.61. The van der Waals surface area contributed by atoms with Crippen LogP contribution in [-0.2, 0) is 0 Å². The van der Waals surface area contributed by atoms with Crippen LogP contribution < -0.4 is 5.32 Å². The number of unbranched alkanes of at least 4 members (excludes halogenated alkanes) is 1. The first-order chi connectivity index (χ1) is 10.2. The van der Waals surface area contributed by atoms with E-state index in [4.69, 9.17) is 0 Å². The van der Waals surface area contributed by atoms with Crippen LogP contribution >= 0.6 is 27.7 Å². The quantitative estimate of drug-likeness (QED) is 0.469. The molecule has 1 N–H and O–H groups in total. The molecule has 1 nitrogen and oxygen atoms in total. The number of rotatable bonds is 11. The third kappa shape index (κ3) is 8.27. The Bertz CT molecular complexity index is 366. The van der Waals surface area contributed by atoms with Crippen LogP contribution in [0.15, 0.2) is 33.6 Å². The lowest BCUT2D eigenvalue weighted by molar-refractivity contribution is 0.368. The number of nitrogens with one attached hydrogen (secondary N) is 1. The average molecular weight is 372 g/mol. The maximum absolute atomic E-state index is 3.68. The van der Waals surface area contributed by atoms with Crippen molar-refractivity contribution in [2.75, 3.05) is 12.3 Å². The van der Waals surface area contributed by atoms with Crippen molar-refractivity contribution in [3.63, 3.8) is 0 Å². The van der Waals surface area contributed by atoms with E-state index in [1.54, 1.807) is 0 Å².